The van der Waals surface area contributed by atoms with Crippen LogP contribution in [0.5, 0.6) is 5.75 Å². The fourth-order valence-corrected chi connectivity index (χ4v) is 1.86. The highest BCUT2D eigenvalue weighted by Gasteiger charge is 2.37. The molecule has 1 aromatic rings. The summed E-state index contributed by atoms with van der Waals surface area (Å²) in [7, 11) is 0. The Labute approximate surface area is 106 Å². The zero-order chi connectivity index (χ0) is 13.2. The second-order valence-electron chi connectivity index (χ2n) is 4.67. The summed E-state index contributed by atoms with van der Waals surface area (Å²) in [6.07, 6.45) is -0.384. The molecule has 0 aromatic heterocycles. The van der Waals surface area contributed by atoms with Crippen molar-refractivity contribution >= 4 is 6.09 Å². The van der Waals surface area contributed by atoms with Crippen LogP contribution in [-0.2, 0) is 16.1 Å². The number of phenolic OH excluding ortho intramolecular Hbond substituents is 1. The molecule has 0 bridgehead atoms. The van der Waals surface area contributed by atoms with E-state index in [1.807, 2.05) is 13.8 Å². The Morgan fingerprint density at radius 2 is 2.11 bits per heavy atom. The van der Waals surface area contributed by atoms with Crippen molar-refractivity contribution in [2.75, 3.05) is 13.2 Å². The lowest BCUT2D eigenvalue weighted by Gasteiger charge is -2.28. The minimum Gasteiger partial charge on any atom is -0.508 e. The smallest absolute Gasteiger partial charge is 0.412 e. The zero-order valence-corrected chi connectivity index (χ0v) is 10.5. The van der Waals surface area contributed by atoms with E-state index >= 15 is 0 Å². The number of rotatable bonds is 2. The Morgan fingerprint density at radius 1 is 1.44 bits per heavy atom. The number of carbonyl (C=O) groups is 1. The molecule has 0 unspecified atom stereocenters. The predicted molar refractivity (Wildman–Crippen MR) is 65.0 cm³/mol. The van der Waals surface area contributed by atoms with Crippen molar-refractivity contribution in [3.63, 3.8) is 0 Å². The molecule has 1 heterocycles. The van der Waals surface area contributed by atoms with E-state index in [2.05, 4.69) is 0 Å². The fraction of sp³-hybridized carbons (Fsp3) is 0.462. The molecule has 18 heavy (non-hydrogen) atoms. The maximum atomic E-state index is 11.9. The van der Waals surface area contributed by atoms with Crippen LogP contribution >= 0.6 is 0 Å². The van der Waals surface area contributed by atoms with Crippen LogP contribution in [0.4, 0.5) is 4.79 Å². The summed E-state index contributed by atoms with van der Waals surface area (Å²) >= 11 is 0. The molecule has 1 amide bonds. The molecule has 98 valence electrons. The largest absolute Gasteiger partial charge is 0.508 e. The van der Waals surface area contributed by atoms with Crippen molar-refractivity contribution in [2.24, 2.45) is 0 Å². The standard InChI is InChI=1S/C13H17NO4/c1-13(2)14(7-8-18-13)12(16)17-9-10-3-5-11(15)6-4-10/h3-6,15H,7-9H2,1-2H3. The molecule has 1 N–H and O–H groups in total. The normalized spacial score (nSPS) is 17.8. The maximum Gasteiger partial charge on any atom is 0.412 e. The van der Waals surface area contributed by atoms with Gasteiger partial charge in [0.1, 0.15) is 18.1 Å². The van der Waals surface area contributed by atoms with E-state index in [1.54, 1.807) is 29.2 Å². The number of carbonyl (C=O) groups excluding carboxylic acids is 1. The van der Waals surface area contributed by atoms with Crippen LogP contribution in [-0.4, -0.2) is 35.0 Å². The highest BCUT2D eigenvalue weighted by molar-refractivity contribution is 5.68. The summed E-state index contributed by atoms with van der Waals surface area (Å²) in [6, 6.07) is 6.56. The summed E-state index contributed by atoms with van der Waals surface area (Å²) in [5.74, 6) is 0.194. The molecule has 0 atom stereocenters. The minimum absolute atomic E-state index is 0.186. The first-order chi connectivity index (χ1) is 8.49. The van der Waals surface area contributed by atoms with E-state index in [-0.39, 0.29) is 18.4 Å². The molecule has 0 saturated carbocycles. The molecule has 5 heteroatoms. The second-order valence-corrected chi connectivity index (χ2v) is 4.67. The molecule has 1 fully saturated rings. The average Bonchev–Trinajstić information content (AvgIpc) is 2.68. The average molecular weight is 251 g/mol. The first-order valence-corrected chi connectivity index (χ1v) is 5.85. The van der Waals surface area contributed by atoms with Crippen LogP contribution in [0.25, 0.3) is 0 Å². The fourth-order valence-electron chi connectivity index (χ4n) is 1.86. The van der Waals surface area contributed by atoms with Gasteiger partial charge in [-0.2, -0.15) is 0 Å². The summed E-state index contributed by atoms with van der Waals surface area (Å²) in [6.45, 7) is 4.93. The number of hydrogen-bond donors (Lipinski definition) is 1. The van der Waals surface area contributed by atoms with Crippen LogP contribution < -0.4 is 0 Å². The van der Waals surface area contributed by atoms with Crippen LogP contribution in [0.3, 0.4) is 0 Å². The molecule has 1 aliphatic rings. The van der Waals surface area contributed by atoms with Crippen LogP contribution in [0, 0.1) is 0 Å². The summed E-state index contributed by atoms with van der Waals surface area (Å²) < 4.78 is 10.6. The number of nitrogens with zero attached hydrogens (tertiary/aromatic N) is 1. The van der Waals surface area contributed by atoms with Gasteiger partial charge in [0, 0.05) is 0 Å². The molecule has 0 radical (unpaired) electrons. The third-order valence-electron chi connectivity index (χ3n) is 2.94. The summed E-state index contributed by atoms with van der Waals surface area (Å²) in [4.78, 5) is 13.4. The summed E-state index contributed by atoms with van der Waals surface area (Å²) in [5.41, 5.74) is 0.227. The van der Waals surface area contributed by atoms with Crippen molar-refractivity contribution in [1.29, 1.82) is 0 Å². The molecule has 1 saturated heterocycles. The van der Waals surface area contributed by atoms with Gasteiger partial charge < -0.3 is 14.6 Å². The minimum atomic E-state index is -0.605. The zero-order valence-electron chi connectivity index (χ0n) is 10.5. The Morgan fingerprint density at radius 3 is 2.67 bits per heavy atom. The van der Waals surface area contributed by atoms with Crippen LogP contribution in [0.2, 0.25) is 0 Å². The molecule has 2 rings (SSSR count). The first kappa shape index (κ1) is 12.7. The molecule has 1 aromatic carbocycles. The van der Waals surface area contributed by atoms with Gasteiger partial charge in [0.25, 0.3) is 0 Å². The van der Waals surface area contributed by atoms with Gasteiger partial charge >= 0.3 is 6.09 Å². The van der Waals surface area contributed by atoms with Crippen molar-refractivity contribution in [2.45, 2.75) is 26.2 Å². The lowest BCUT2D eigenvalue weighted by molar-refractivity contribution is -0.0463. The number of benzene rings is 1. The summed E-state index contributed by atoms with van der Waals surface area (Å²) in [5, 5.41) is 9.14. The molecule has 0 aliphatic carbocycles. The Balaban J connectivity index is 1.90. The highest BCUT2D eigenvalue weighted by Crippen LogP contribution is 2.23. The molecule has 0 spiro atoms. The number of phenols is 1. The molecular formula is C13H17NO4. The quantitative estimate of drug-likeness (QED) is 0.874. The van der Waals surface area contributed by atoms with E-state index in [0.29, 0.717) is 13.2 Å². The van der Waals surface area contributed by atoms with Crippen molar-refractivity contribution < 1.29 is 19.4 Å². The van der Waals surface area contributed by atoms with Gasteiger partial charge in [0.2, 0.25) is 0 Å². The Hall–Kier alpha value is -1.75. The highest BCUT2D eigenvalue weighted by atomic mass is 16.6. The molecule has 5 nitrogen and oxygen atoms in total. The van der Waals surface area contributed by atoms with Crippen molar-refractivity contribution in [3.8, 4) is 5.75 Å². The van der Waals surface area contributed by atoms with Gasteiger partial charge in [-0.1, -0.05) is 12.1 Å². The predicted octanol–water partition coefficient (Wildman–Crippen LogP) is 2.10. The number of hydrogen-bond acceptors (Lipinski definition) is 4. The number of amides is 1. The monoisotopic (exact) mass is 251 g/mol. The van der Waals surface area contributed by atoms with Gasteiger partial charge in [-0.25, -0.2) is 4.79 Å². The third kappa shape index (κ3) is 2.73. The Bertz CT molecular complexity index is 427. The SMILES string of the molecule is CC1(C)OCCN1C(=O)OCc1ccc(O)cc1. The van der Waals surface area contributed by atoms with E-state index in [4.69, 9.17) is 14.6 Å². The lowest BCUT2D eigenvalue weighted by Crippen LogP contribution is -2.43. The van der Waals surface area contributed by atoms with Gasteiger partial charge in [0.05, 0.1) is 13.2 Å². The Kier molecular flexibility index (Phi) is 3.43. The molecular weight excluding hydrogens is 234 g/mol. The van der Waals surface area contributed by atoms with Crippen molar-refractivity contribution in [1.82, 2.24) is 4.90 Å². The van der Waals surface area contributed by atoms with Gasteiger partial charge in [-0.15, -0.1) is 0 Å². The van der Waals surface area contributed by atoms with Crippen LogP contribution in [0.1, 0.15) is 19.4 Å². The van der Waals surface area contributed by atoms with E-state index in [9.17, 15) is 4.79 Å². The van der Waals surface area contributed by atoms with E-state index in [1.165, 1.54) is 0 Å². The number of ether oxygens (including phenoxy) is 2. The van der Waals surface area contributed by atoms with Gasteiger partial charge in [-0.3, -0.25) is 4.90 Å². The second kappa shape index (κ2) is 4.86. The lowest BCUT2D eigenvalue weighted by atomic mass is 10.2. The maximum absolute atomic E-state index is 11.9. The molecule has 1 aliphatic heterocycles. The topological polar surface area (TPSA) is 59.0 Å². The number of aromatic hydroxyl groups is 1. The van der Waals surface area contributed by atoms with Gasteiger partial charge in [-0.05, 0) is 31.5 Å². The third-order valence-corrected chi connectivity index (χ3v) is 2.94. The van der Waals surface area contributed by atoms with Gasteiger partial charge in [0.15, 0.2) is 0 Å². The van der Waals surface area contributed by atoms with Crippen molar-refractivity contribution in [3.05, 3.63) is 29.8 Å². The van der Waals surface area contributed by atoms with E-state index in [0.717, 1.165) is 5.56 Å². The van der Waals surface area contributed by atoms with Crippen LogP contribution in [0.15, 0.2) is 24.3 Å². The van der Waals surface area contributed by atoms with E-state index < -0.39 is 5.72 Å². The first-order valence-electron chi connectivity index (χ1n) is 5.85.